The number of benzene rings is 1. The molecule has 0 saturated carbocycles. The molecule has 1 atom stereocenters. The average molecular weight is 280 g/mol. The Morgan fingerprint density at radius 2 is 2.23 bits per heavy atom. The van der Waals surface area contributed by atoms with Gasteiger partial charge in [-0.1, -0.05) is 6.07 Å². The van der Waals surface area contributed by atoms with E-state index >= 15 is 0 Å². The van der Waals surface area contributed by atoms with Crippen molar-refractivity contribution in [2.24, 2.45) is 0 Å². The molecule has 1 aromatic rings. The van der Waals surface area contributed by atoms with Gasteiger partial charge in [0.2, 0.25) is 0 Å². The SMILES string of the molecule is CC(=O)C(Cl)c1ccc(Br)c(S)c1. The summed E-state index contributed by atoms with van der Waals surface area (Å²) in [7, 11) is 0. The number of halogens is 2. The van der Waals surface area contributed by atoms with E-state index in [2.05, 4.69) is 28.6 Å². The van der Waals surface area contributed by atoms with E-state index in [9.17, 15) is 4.79 Å². The van der Waals surface area contributed by atoms with Gasteiger partial charge in [0.25, 0.3) is 0 Å². The van der Waals surface area contributed by atoms with Crippen LogP contribution in [0.1, 0.15) is 17.9 Å². The van der Waals surface area contributed by atoms with Gasteiger partial charge < -0.3 is 0 Å². The van der Waals surface area contributed by atoms with Crippen molar-refractivity contribution in [1.29, 1.82) is 0 Å². The summed E-state index contributed by atoms with van der Waals surface area (Å²) in [6.07, 6.45) is 0. The zero-order valence-electron chi connectivity index (χ0n) is 6.92. The Hall–Kier alpha value is 0.01000. The smallest absolute Gasteiger partial charge is 0.152 e. The minimum absolute atomic E-state index is 0.0586. The number of rotatable bonds is 2. The van der Waals surface area contributed by atoms with Crippen molar-refractivity contribution in [3.63, 3.8) is 0 Å². The van der Waals surface area contributed by atoms with Crippen LogP contribution in [0, 0.1) is 0 Å². The molecule has 0 aliphatic rings. The van der Waals surface area contributed by atoms with Crippen molar-refractivity contribution in [3.05, 3.63) is 28.2 Å². The second-order valence-electron chi connectivity index (χ2n) is 2.68. The van der Waals surface area contributed by atoms with Crippen LogP contribution in [0.25, 0.3) is 0 Å². The maximum absolute atomic E-state index is 11.0. The molecule has 70 valence electrons. The summed E-state index contributed by atoms with van der Waals surface area (Å²) in [6, 6.07) is 5.42. The third kappa shape index (κ3) is 2.73. The lowest BCUT2D eigenvalue weighted by molar-refractivity contribution is -0.116. The van der Waals surface area contributed by atoms with Gasteiger partial charge in [-0.05, 0) is 40.5 Å². The zero-order valence-corrected chi connectivity index (χ0v) is 10.2. The molecule has 0 saturated heterocycles. The summed E-state index contributed by atoms with van der Waals surface area (Å²) in [5.74, 6) is -0.0586. The largest absolute Gasteiger partial charge is 0.298 e. The molecule has 1 nitrogen and oxygen atoms in total. The van der Waals surface area contributed by atoms with E-state index in [4.69, 9.17) is 11.6 Å². The second kappa shape index (κ2) is 4.49. The van der Waals surface area contributed by atoms with Crippen LogP contribution in [-0.2, 0) is 4.79 Å². The molecular formula is C9H8BrClOS. The van der Waals surface area contributed by atoms with Crippen LogP contribution in [0.4, 0.5) is 0 Å². The van der Waals surface area contributed by atoms with Crippen LogP contribution in [0.5, 0.6) is 0 Å². The van der Waals surface area contributed by atoms with Gasteiger partial charge in [-0.3, -0.25) is 4.79 Å². The Labute approximate surface area is 96.0 Å². The van der Waals surface area contributed by atoms with Crippen LogP contribution in [-0.4, -0.2) is 5.78 Å². The number of carbonyl (C=O) groups is 1. The predicted molar refractivity (Wildman–Crippen MR) is 60.7 cm³/mol. The first-order chi connectivity index (χ1) is 6.02. The normalized spacial score (nSPS) is 12.6. The molecule has 0 radical (unpaired) electrons. The molecule has 0 N–H and O–H groups in total. The van der Waals surface area contributed by atoms with Crippen LogP contribution in [0.15, 0.2) is 27.6 Å². The van der Waals surface area contributed by atoms with Gasteiger partial charge in [0.1, 0.15) is 5.38 Å². The van der Waals surface area contributed by atoms with E-state index in [0.29, 0.717) is 0 Å². The van der Waals surface area contributed by atoms with Crippen LogP contribution >= 0.6 is 40.2 Å². The molecule has 4 heteroatoms. The number of hydrogen-bond donors (Lipinski definition) is 1. The number of alkyl halides is 1. The summed E-state index contributed by atoms with van der Waals surface area (Å²) in [6.45, 7) is 1.47. The summed E-state index contributed by atoms with van der Waals surface area (Å²) in [4.78, 5) is 11.8. The van der Waals surface area contributed by atoms with Crippen LogP contribution in [0.2, 0.25) is 0 Å². The Morgan fingerprint density at radius 1 is 1.62 bits per heavy atom. The van der Waals surface area contributed by atoms with E-state index in [1.165, 1.54) is 6.92 Å². The van der Waals surface area contributed by atoms with Gasteiger partial charge in [0, 0.05) is 9.37 Å². The van der Waals surface area contributed by atoms with Gasteiger partial charge in [-0.15, -0.1) is 24.2 Å². The molecule has 0 fully saturated rings. The van der Waals surface area contributed by atoms with Crippen LogP contribution in [0.3, 0.4) is 0 Å². The maximum Gasteiger partial charge on any atom is 0.152 e. The standard InChI is InChI=1S/C9H8BrClOS/c1-5(12)9(11)6-2-3-7(10)8(13)4-6/h2-4,9,13H,1H3. The number of thiol groups is 1. The van der Waals surface area contributed by atoms with Gasteiger partial charge >= 0.3 is 0 Å². The third-order valence-corrected chi connectivity index (χ3v) is 3.55. The van der Waals surface area contributed by atoms with Crippen molar-refractivity contribution in [3.8, 4) is 0 Å². The van der Waals surface area contributed by atoms with E-state index in [-0.39, 0.29) is 5.78 Å². The molecule has 0 amide bonds. The number of hydrogen-bond acceptors (Lipinski definition) is 2. The molecular weight excluding hydrogens is 272 g/mol. The van der Waals surface area contributed by atoms with Gasteiger partial charge in [-0.25, -0.2) is 0 Å². The predicted octanol–water partition coefficient (Wildman–Crippen LogP) is 3.61. The van der Waals surface area contributed by atoms with E-state index in [1.54, 1.807) is 6.07 Å². The fourth-order valence-electron chi connectivity index (χ4n) is 0.922. The topological polar surface area (TPSA) is 17.1 Å². The fourth-order valence-corrected chi connectivity index (χ4v) is 1.53. The third-order valence-electron chi connectivity index (χ3n) is 1.62. The van der Waals surface area contributed by atoms with Crippen LogP contribution < -0.4 is 0 Å². The molecule has 1 unspecified atom stereocenters. The van der Waals surface area contributed by atoms with Crippen molar-refractivity contribution in [2.45, 2.75) is 17.2 Å². The summed E-state index contributed by atoms with van der Waals surface area (Å²) in [5.41, 5.74) is 0.780. The highest BCUT2D eigenvalue weighted by Crippen LogP contribution is 2.27. The molecule has 0 aromatic heterocycles. The first-order valence-electron chi connectivity index (χ1n) is 3.65. The molecule has 1 aromatic carbocycles. The second-order valence-corrected chi connectivity index (χ2v) is 4.46. The van der Waals surface area contributed by atoms with Gasteiger partial charge in [0.05, 0.1) is 0 Å². The first-order valence-corrected chi connectivity index (χ1v) is 5.33. The van der Waals surface area contributed by atoms with Gasteiger partial charge in [-0.2, -0.15) is 0 Å². The Morgan fingerprint density at radius 3 is 2.69 bits per heavy atom. The minimum Gasteiger partial charge on any atom is -0.298 e. The maximum atomic E-state index is 11.0. The number of Topliss-reactive ketones (excluding diaryl/α,β-unsaturated/α-hetero) is 1. The summed E-state index contributed by atoms with van der Waals surface area (Å²) >= 11 is 13.4. The van der Waals surface area contributed by atoms with E-state index in [0.717, 1.165) is 14.9 Å². The minimum atomic E-state index is -0.570. The lowest BCUT2D eigenvalue weighted by Crippen LogP contribution is -2.01. The summed E-state index contributed by atoms with van der Waals surface area (Å²) in [5, 5.41) is -0.570. The highest BCUT2D eigenvalue weighted by Gasteiger charge is 2.13. The molecule has 0 heterocycles. The molecule has 0 aliphatic heterocycles. The number of ketones is 1. The highest BCUT2D eigenvalue weighted by molar-refractivity contribution is 9.10. The Balaban J connectivity index is 3.03. The zero-order chi connectivity index (χ0) is 10.0. The quantitative estimate of drug-likeness (QED) is 0.646. The van der Waals surface area contributed by atoms with Crippen molar-refractivity contribution >= 4 is 45.9 Å². The lowest BCUT2D eigenvalue weighted by atomic mass is 10.1. The van der Waals surface area contributed by atoms with Crippen molar-refractivity contribution in [2.75, 3.05) is 0 Å². The molecule has 0 bridgehead atoms. The average Bonchev–Trinajstić information content (AvgIpc) is 2.08. The lowest BCUT2D eigenvalue weighted by Gasteiger charge is -2.07. The first kappa shape index (κ1) is 11.1. The van der Waals surface area contributed by atoms with Crippen molar-refractivity contribution < 1.29 is 4.79 Å². The molecule has 0 spiro atoms. The number of carbonyl (C=O) groups excluding carboxylic acids is 1. The monoisotopic (exact) mass is 278 g/mol. The van der Waals surface area contributed by atoms with E-state index < -0.39 is 5.38 Å². The molecule has 0 aliphatic carbocycles. The fraction of sp³-hybridized carbons (Fsp3) is 0.222. The summed E-state index contributed by atoms with van der Waals surface area (Å²) < 4.78 is 0.895. The Kier molecular flexibility index (Phi) is 3.83. The Bertz CT molecular complexity index is 340. The van der Waals surface area contributed by atoms with Gasteiger partial charge in [0.15, 0.2) is 5.78 Å². The molecule has 1 rings (SSSR count). The molecule has 13 heavy (non-hydrogen) atoms. The van der Waals surface area contributed by atoms with E-state index in [1.807, 2.05) is 12.1 Å². The van der Waals surface area contributed by atoms with Crippen molar-refractivity contribution in [1.82, 2.24) is 0 Å². The highest BCUT2D eigenvalue weighted by atomic mass is 79.9.